The van der Waals surface area contributed by atoms with Crippen molar-refractivity contribution in [1.82, 2.24) is 14.5 Å². The monoisotopic (exact) mass is 527 g/mol. The van der Waals surface area contributed by atoms with Gasteiger partial charge in [0.1, 0.15) is 11.0 Å². The van der Waals surface area contributed by atoms with E-state index in [1.54, 1.807) is 18.2 Å². The Kier molecular flexibility index (Phi) is 4.82. The van der Waals surface area contributed by atoms with Crippen molar-refractivity contribution in [3.05, 3.63) is 120 Å². The van der Waals surface area contributed by atoms with Crippen LogP contribution in [0.2, 0.25) is 0 Å². The Balaban J connectivity index is 1.41. The number of hydrogen-bond acceptors (Lipinski definition) is 5. The van der Waals surface area contributed by atoms with Crippen molar-refractivity contribution in [2.24, 2.45) is 0 Å². The Morgan fingerprint density at radius 2 is 1.24 bits per heavy atom. The summed E-state index contributed by atoms with van der Waals surface area (Å²) in [5.41, 5.74) is 8.12. The van der Waals surface area contributed by atoms with Gasteiger partial charge in [-0.15, -0.1) is 0 Å². The zero-order valence-electron chi connectivity index (χ0n) is 21.4. The maximum atomic E-state index is 9.65. The quantitative estimate of drug-likeness (QED) is 0.214. The SMILES string of the molecule is [C-]#[N+]c1cc(C#N)cc(-n2c3ccc(-c4nc5ccccc5o4)cc3c3cc(-c4nc5ccccc5o4)ccc32)c1. The molecular weight excluding hydrogens is 510 g/mol. The van der Waals surface area contributed by atoms with Gasteiger partial charge in [-0.05, 0) is 78.9 Å². The summed E-state index contributed by atoms with van der Waals surface area (Å²) in [5.74, 6) is 1.07. The Hall–Kier alpha value is -6.18. The maximum Gasteiger partial charge on any atom is 0.227 e. The van der Waals surface area contributed by atoms with E-state index >= 15 is 0 Å². The average molecular weight is 528 g/mol. The lowest BCUT2D eigenvalue weighted by Crippen LogP contribution is -1.94. The van der Waals surface area contributed by atoms with Gasteiger partial charge < -0.3 is 13.4 Å². The third-order valence-electron chi connectivity index (χ3n) is 7.27. The first-order chi connectivity index (χ1) is 20.2. The number of para-hydroxylation sites is 4. The van der Waals surface area contributed by atoms with Crippen LogP contribution in [0.3, 0.4) is 0 Å². The summed E-state index contributed by atoms with van der Waals surface area (Å²) in [5, 5.41) is 11.6. The summed E-state index contributed by atoms with van der Waals surface area (Å²) < 4.78 is 14.2. The number of nitriles is 1. The standard InChI is InChI=1S/C34H17N5O2/c1-36-23-14-20(19-35)15-24(18-23)39-29-12-10-21(33-37-27-6-2-4-8-31(27)40-33)16-25(29)26-17-22(11-13-30(26)39)34-38-28-7-3-5-9-32(28)41-34/h2-18H. The van der Waals surface area contributed by atoms with E-state index < -0.39 is 0 Å². The van der Waals surface area contributed by atoms with Crippen molar-refractivity contribution >= 4 is 49.7 Å². The van der Waals surface area contributed by atoms with Crippen LogP contribution in [-0.2, 0) is 0 Å². The number of oxazole rings is 2. The highest BCUT2D eigenvalue weighted by molar-refractivity contribution is 6.11. The van der Waals surface area contributed by atoms with Crippen LogP contribution in [0.15, 0.2) is 112 Å². The van der Waals surface area contributed by atoms with Gasteiger partial charge in [-0.1, -0.05) is 24.3 Å². The second-order valence-corrected chi connectivity index (χ2v) is 9.73. The molecule has 0 saturated carbocycles. The van der Waals surface area contributed by atoms with E-state index in [9.17, 15) is 5.26 Å². The van der Waals surface area contributed by atoms with Crippen LogP contribution >= 0.6 is 0 Å². The van der Waals surface area contributed by atoms with Gasteiger partial charge in [0.05, 0.1) is 23.7 Å². The molecule has 0 fully saturated rings. The fraction of sp³-hybridized carbons (Fsp3) is 0. The van der Waals surface area contributed by atoms with E-state index in [1.165, 1.54) is 0 Å². The van der Waals surface area contributed by atoms with E-state index in [0.29, 0.717) is 23.0 Å². The Bertz CT molecular complexity index is 2180. The summed E-state index contributed by atoms with van der Waals surface area (Å²) in [6, 6.07) is 34.9. The van der Waals surface area contributed by atoms with E-state index in [0.717, 1.165) is 60.8 Å². The summed E-state index contributed by atoms with van der Waals surface area (Å²) in [6.07, 6.45) is 0. The minimum Gasteiger partial charge on any atom is -0.436 e. The topological polar surface area (TPSA) is 85.1 Å². The molecule has 0 saturated heterocycles. The van der Waals surface area contributed by atoms with E-state index in [-0.39, 0.29) is 0 Å². The van der Waals surface area contributed by atoms with E-state index in [4.69, 9.17) is 25.4 Å². The lowest BCUT2D eigenvalue weighted by atomic mass is 10.1. The summed E-state index contributed by atoms with van der Waals surface area (Å²) in [4.78, 5) is 13.0. The summed E-state index contributed by atoms with van der Waals surface area (Å²) >= 11 is 0. The Morgan fingerprint density at radius 3 is 1.76 bits per heavy atom. The summed E-state index contributed by atoms with van der Waals surface area (Å²) in [6.45, 7) is 7.57. The number of fused-ring (bicyclic) bond motifs is 5. The number of nitrogens with zero attached hydrogens (tertiary/aromatic N) is 5. The first kappa shape index (κ1) is 22.8. The van der Waals surface area contributed by atoms with Gasteiger partial charge in [-0.25, -0.2) is 14.8 Å². The van der Waals surface area contributed by atoms with Crippen molar-refractivity contribution in [2.75, 3.05) is 0 Å². The molecule has 7 nitrogen and oxygen atoms in total. The molecule has 0 spiro atoms. The van der Waals surface area contributed by atoms with Crippen molar-refractivity contribution < 1.29 is 8.83 Å². The normalized spacial score (nSPS) is 11.4. The molecule has 41 heavy (non-hydrogen) atoms. The van der Waals surface area contributed by atoms with Crippen LogP contribution in [0, 0.1) is 17.9 Å². The van der Waals surface area contributed by atoms with Gasteiger partial charge >= 0.3 is 0 Å². The van der Waals surface area contributed by atoms with Crippen LogP contribution in [0.25, 0.3) is 77.4 Å². The van der Waals surface area contributed by atoms with Crippen LogP contribution in [0.5, 0.6) is 0 Å². The average Bonchev–Trinajstić information content (AvgIpc) is 3.73. The third-order valence-corrected chi connectivity index (χ3v) is 7.27. The van der Waals surface area contributed by atoms with Crippen molar-refractivity contribution in [3.8, 4) is 34.7 Å². The van der Waals surface area contributed by atoms with Gasteiger partial charge in [-0.3, -0.25) is 0 Å². The number of rotatable bonds is 3. The molecule has 0 radical (unpaired) electrons. The lowest BCUT2D eigenvalue weighted by Gasteiger charge is -2.09. The van der Waals surface area contributed by atoms with Crippen LogP contribution in [-0.4, -0.2) is 14.5 Å². The first-order valence-corrected chi connectivity index (χ1v) is 12.9. The van der Waals surface area contributed by atoms with Gasteiger partial charge in [0.2, 0.25) is 11.8 Å². The maximum absolute atomic E-state index is 9.65. The zero-order chi connectivity index (χ0) is 27.5. The Morgan fingerprint density at radius 1 is 0.683 bits per heavy atom. The van der Waals surface area contributed by atoms with Crippen molar-refractivity contribution in [3.63, 3.8) is 0 Å². The molecule has 0 bridgehead atoms. The zero-order valence-corrected chi connectivity index (χ0v) is 21.4. The van der Waals surface area contributed by atoms with Gasteiger partial charge in [0.15, 0.2) is 16.9 Å². The molecule has 7 heteroatoms. The Labute approximate surface area is 233 Å². The highest BCUT2D eigenvalue weighted by atomic mass is 16.4. The predicted molar refractivity (Wildman–Crippen MR) is 158 cm³/mol. The molecule has 8 rings (SSSR count). The summed E-state index contributed by atoms with van der Waals surface area (Å²) in [7, 11) is 0. The van der Waals surface area contributed by atoms with Gasteiger partial charge in [0, 0.05) is 33.2 Å². The molecule has 0 aliphatic rings. The second kappa shape index (κ2) is 8.67. The number of benzene rings is 5. The fourth-order valence-corrected chi connectivity index (χ4v) is 5.41. The molecule has 5 aromatic carbocycles. The highest BCUT2D eigenvalue weighted by Crippen LogP contribution is 2.38. The lowest BCUT2D eigenvalue weighted by molar-refractivity contribution is 0.619. The van der Waals surface area contributed by atoms with Gasteiger partial charge in [-0.2, -0.15) is 5.26 Å². The minimum atomic E-state index is 0.403. The smallest absolute Gasteiger partial charge is 0.227 e. The van der Waals surface area contributed by atoms with Gasteiger partial charge in [0.25, 0.3) is 0 Å². The molecule has 190 valence electrons. The molecule has 0 atom stereocenters. The largest absolute Gasteiger partial charge is 0.436 e. The second-order valence-electron chi connectivity index (χ2n) is 9.73. The van der Waals surface area contributed by atoms with Crippen molar-refractivity contribution in [1.29, 1.82) is 5.26 Å². The highest BCUT2D eigenvalue weighted by Gasteiger charge is 2.18. The van der Waals surface area contributed by atoms with Crippen molar-refractivity contribution in [2.45, 2.75) is 0 Å². The van der Waals surface area contributed by atoms with E-state index in [1.807, 2.05) is 72.8 Å². The first-order valence-electron chi connectivity index (χ1n) is 12.9. The van der Waals surface area contributed by atoms with Crippen LogP contribution < -0.4 is 0 Å². The molecule has 8 aromatic rings. The molecule has 3 aromatic heterocycles. The van der Waals surface area contributed by atoms with Crippen LogP contribution in [0.1, 0.15) is 5.56 Å². The molecule has 0 unspecified atom stereocenters. The third kappa shape index (κ3) is 3.58. The van der Waals surface area contributed by atoms with E-state index in [2.05, 4.69) is 27.6 Å². The molecule has 0 N–H and O–H groups in total. The predicted octanol–water partition coefficient (Wildman–Crippen LogP) is 8.82. The molecule has 3 heterocycles. The number of hydrogen-bond donors (Lipinski definition) is 0. The fourth-order valence-electron chi connectivity index (χ4n) is 5.41. The molecular formula is C34H17N5O2. The minimum absolute atomic E-state index is 0.403. The molecule has 0 aliphatic carbocycles. The van der Waals surface area contributed by atoms with Crippen LogP contribution in [0.4, 0.5) is 5.69 Å². The number of aromatic nitrogens is 3. The molecule has 0 amide bonds. The molecule has 0 aliphatic heterocycles.